The first-order valence-corrected chi connectivity index (χ1v) is 11.4. The van der Waals surface area contributed by atoms with Crippen LogP contribution in [0.5, 0.6) is 0 Å². The van der Waals surface area contributed by atoms with Crippen LogP contribution < -0.4 is 10.6 Å². The van der Waals surface area contributed by atoms with Gasteiger partial charge in [0.1, 0.15) is 12.1 Å². The van der Waals surface area contributed by atoms with Crippen molar-refractivity contribution in [1.29, 1.82) is 0 Å². The van der Waals surface area contributed by atoms with E-state index < -0.39 is 23.5 Å². The van der Waals surface area contributed by atoms with Crippen molar-refractivity contribution in [3.8, 4) is 11.1 Å². The largest absolute Gasteiger partial charge is 0.480 e. The molecule has 3 N–H and O–H groups in total. The van der Waals surface area contributed by atoms with E-state index in [0.29, 0.717) is 10.2 Å². The number of carbonyl (C=O) groups excluding carboxylic acids is 2. The molecule has 0 radical (unpaired) electrons. The minimum absolute atomic E-state index is 0.0507. The third kappa shape index (κ3) is 4.68. The summed E-state index contributed by atoms with van der Waals surface area (Å²) in [6, 6.07) is 20.7. The van der Waals surface area contributed by atoms with Gasteiger partial charge in [0.15, 0.2) is 0 Å². The molecule has 0 aliphatic heterocycles. The molecular weight excluding hydrogens is 500 g/mol. The molecule has 3 aromatic rings. The second kappa shape index (κ2) is 9.30. The van der Waals surface area contributed by atoms with Gasteiger partial charge in [-0.15, -0.1) is 0 Å². The molecule has 2 amide bonds. The number of hydrogen-bond acceptors (Lipinski definition) is 4. The Morgan fingerprint density at radius 2 is 1.56 bits per heavy atom. The lowest BCUT2D eigenvalue weighted by molar-refractivity contribution is -0.143. The summed E-state index contributed by atoms with van der Waals surface area (Å²) in [5, 5.41) is 14.3. The fourth-order valence-electron chi connectivity index (χ4n) is 3.91. The summed E-state index contributed by atoms with van der Waals surface area (Å²) >= 11 is 3.35. The Morgan fingerprint density at radius 1 is 0.971 bits per heavy atom. The Kier molecular flexibility index (Phi) is 6.43. The number of halogens is 1. The molecule has 174 valence electrons. The van der Waals surface area contributed by atoms with E-state index in [1.807, 2.05) is 36.4 Å². The van der Waals surface area contributed by atoms with E-state index in [-0.39, 0.29) is 18.1 Å². The van der Waals surface area contributed by atoms with Crippen LogP contribution in [0.2, 0.25) is 0 Å². The number of rotatable bonds is 6. The molecule has 1 aliphatic carbocycles. The highest BCUT2D eigenvalue weighted by molar-refractivity contribution is 9.10. The molecule has 0 aromatic heterocycles. The molecule has 0 unspecified atom stereocenters. The van der Waals surface area contributed by atoms with Gasteiger partial charge >= 0.3 is 12.1 Å². The van der Waals surface area contributed by atoms with Crippen molar-refractivity contribution in [2.24, 2.45) is 0 Å². The zero-order valence-corrected chi connectivity index (χ0v) is 20.2. The number of amides is 2. The quantitative estimate of drug-likeness (QED) is 0.401. The first-order chi connectivity index (χ1) is 16.2. The highest BCUT2D eigenvalue weighted by Crippen LogP contribution is 2.44. The normalized spacial score (nSPS) is 12.4. The van der Waals surface area contributed by atoms with Crippen LogP contribution in [0.3, 0.4) is 0 Å². The van der Waals surface area contributed by atoms with Gasteiger partial charge in [-0.25, -0.2) is 9.59 Å². The predicted molar refractivity (Wildman–Crippen MR) is 132 cm³/mol. The smallest absolute Gasteiger partial charge is 0.411 e. The molecular formula is C26H23BrN2O5. The zero-order valence-electron chi connectivity index (χ0n) is 18.6. The minimum Gasteiger partial charge on any atom is -0.480 e. The average Bonchev–Trinajstić information content (AvgIpc) is 3.12. The number of carbonyl (C=O) groups is 3. The van der Waals surface area contributed by atoms with Crippen molar-refractivity contribution in [3.63, 3.8) is 0 Å². The Bertz CT molecular complexity index is 1240. The maximum Gasteiger partial charge on any atom is 0.411 e. The average molecular weight is 523 g/mol. The fourth-order valence-corrected chi connectivity index (χ4v) is 4.39. The molecule has 0 atom stereocenters. The Morgan fingerprint density at radius 3 is 2.12 bits per heavy atom. The van der Waals surface area contributed by atoms with E-state index in [4.69, 9.17) is 4.74 Å². The molecule has 34 heavy (non-hydrogen) atoms. The molecule has 0 heterocycles. The van der Waals surface area contributed by atoms with Gasteiger partial charge in [-0.05, 0) is 70.2 Å². The maximum absolute atomic E-state index is 12.5. The summed E-state index contributed by atoms with van der Waals surface area (Å²) in [6.07, 6.45) is -0.619. The number of aliphatic carboxylic acids is 1. The molecule has 1 aliphatic rings. The highest BCUT2D eigenvalue weighted by Gasteiger charge is 2.30. The molecule has 0 spiro atoms. The van der Waals surface area contributed by atoms with Crippen molar-refractivity contribution in [2.45, 2.75) is 25.3 Å². The molecule has 8 heteroatoms. The van der Waals surface area contributed by atoms with E-state index >= 15 is 0 Å². The summed E-state index contributed by atoms with van der Waals surface area (Å²) in [7, 11) is 0. The molecule has 0 saturated heterocycles. The summed E-state index contributed by atoms with van der Waals surface area (Å²) in [4.78, 5) is 36.2. The van der Waals surface area contributed by atoms with Crippen molar-refractivity contribution in [1.82, 2.24) is 5.32 Å². The molecule has 4 rings (SSSR count). The van der Waals surface area contributed by atoms with Crippen LogP contribution >= 0.6 is 15.9 Å². The monoisotopic (exact) mass is 522 g/mol. The summed E-state index contributed by atoms with van der Waals surface area (Å²) in [6.45, 7) is 2.98. The van der Waals surface area contributed by atoms with E-state index in [1.165, 1.54) is 26.0 Å². The van der Waals surface area contributed by atoms with E-state index in [2.05, 4.69) is 38.7 Å². The van der Waals surface area contributed by atoms with Crippen LogP contribution in [0, 0.1) is 0 Å². The van der Waals surface area contributed by atoms with Gasteiger partial charge in [0, 0.05) is 16.0 Å². The Hall–Kier alpha value is -3.65. The molecule has 3 aromatic carbocycles. The number of fused-ring (bicyclic) bond motifs is 3. The summed E-state index contributed by atoms with van der Waals surface area (Å²) < 4.78 is 6.01. The standard InChI is InChI=1S/C26H23BrN2O5/c1-26(2,24(31)32)29-23(30)15-11-12-22(21(27)13-15)28-25(33)34-14-20-18-9-5-3-7-16(18)17-8-4-6-10-19(17)20/h3-13,20H,14H2,1-2H3,(H,28,33)(H,29,30)(H,31,32). The lowest BCUT2D eigenvalue weighted by Crippen LogP contribution is -2.49. The van der Waals surface area contributed by atoms with Gasteiger partial charge < -0.3 is 15.2 Å². The van der Waals surface area contributed by atoms with Gasteiger partial charge in [0.05, 0.1) is 5.69 Å². The zero-order chi connectivity index (χ0) is 24.5. The van der Waals surface area contributed by atoms with Crippen molar-refractivity contribution >= 4 is 39.6 Å². The van der Waals surface area contributed by atoms with Gasteiger partial charge in [0.25, 0.3) is 5.91 Å². The van der Waals surface area contributed by atoms with Crippen molar-refractivity contribution in [3.05, 3.63) is 87.9 Å². The molecule has 0 fully saturated rings. The minimum atomic E-state index is -1.41. The molecule has 0 saturated carbocycles. The highest BCUT2D eigenvalue weighted by atomic mass is 79.9. The number of carboxylic acids is 1. The number of anilines is 1. The van der Waals surface area contributed by atoms with Crippen molar-refractivity contribution < 1.29 is 24.2 Å². The van der Waals surface area contributed by atoms with E-state index in [1.54, 1.807) is 6.07 Å². The van der Waals surface area contributed by atoms with Crippen LogP contribution in [0.25, 0.3) is 11.1 Å². The number of ether oxygens (including phenoxy) is 1. The lowest BCUT2D eigenvalue weighted by Gasteiger charge is -2.21. The van der Waals surface area contributed by atoms with Crippen LogP contribution in [0.15, 0.2) is 71.2 Å². The first-order valence-electron chi connectivity index (χ1n) is 10.6. The topological polar surface area (TPSA) is 105 Å². The van der Waals surface area contributed by atoms with Crippen LogP contribution in [0.4, 0.5) is 10.5 Å². The first kappa shape index (κ1) is 23.5. The van der Waals surface area contributed by atoms with Gasteiger partial charge in [-0.2, -0.15) is 0 Å². The number of hydrogen-bond donors (Lipinski definition) is 3. The predicted octanol–water partition coefficient (Wildman–Crippen LogP) is 5.40. The second-order valence-corrected chi connectivity index (χ2v) is 9.38. The molecule has 0 bridgehead atoms. The second-order valence-electron chi connectivity index (χ2n) is 8.53. The molecule has 7 nitrogen and oxygen atoms in total. The van der Waals surface area contributed by atoms with Crippen molar-refractivity contribution in [2.75, 3.05) is 11.9 Å². The fraction of sp³-hybridized carbons (Fsp3) is 0.192. The lowest BCUT2D eigenvalue weighted by atomic mass is 9.98. The van der Waals surface area contributed by atoms with Gasteiger partial charge in [-0.3, -0.25) is 10.1 Å². The number of carboxylic acid groups (broad SMARTS) is 1. The number of nitrogens with one attached hydrogen (secondary N) is 2. The summed E-state index contributed by atoms with van der Waals surface area (Å²) in [5.74, 6) is -1.74. The van der Waals surface area contributed by atoms with Gasteiger partial charge in [0.2, 0.25) is 0 Å². The Balaban J connectivity index is 1.41. The van der Waals surface area contributed by atoms with E-state index in [0.717, 1.165) is 22.3 Å². The third-order valence-electron chi connectivity index (χ3n) is 5.77. The maximum atomic E-state index is 12.5. The number of benzene rings is 3. The SMILES string of the molecule is CC(C)(NC(=O)c1ccc(NC(=O)OCC2c3ccccc3-c3ccccc32)c(Br)c1)C(=O)O. The summed E-state index contributed by atoms with van der Waals surface area (Å²) in [5.41, 5.74) is 3.80. The van der Waals surface area contributed by atoms with Crippen LogP contribution in [-0.4, -0.2) is 35.2 Å². The Labute approximate surface area is 205 Å². The third-order valence-corrected chi connectivity index (χ3v) is 6.43. The van der Waals surface area contributed by atoms with E-state index in [9.17, 15) is 19.5 Å². The van der Waals surface area contributed by atoms with Gasteiger partial charge in [-0.1, -0.05) is 48.5 Å². The van der Waals surface area contributed by atoms with Crippen LogP contribution in [-0.2, 0) is 9.53 Å². The van der Waals surface area contributed by atoms with Crippen LogP contribution in [0.1, 0.15) is 41.3 Å².